The van der Waals surface area contributed by atoms with Crippen LogP contribution in [0.5, 0.6) is 0 Å². The van der Waals surface area contributed by atoms with Gasteiger partial charge < -0.3 is 20.3 Å². The minimum atomic E-state index is -0.677. The van der Waals surface area contributed by atoms with Gasteiger partial charge in [-0.25, -0.2) is 0 Å². The topological polar surface area (TPSA) is 95.9 Å². The summed E-state index contributed by atoms with van der Waals surface area (Å²) in [5, 5.41) is 23.4. The van der Waals surface area contributed by atoms with Gasteiger partial charge in [0.05, 0.1) is 25.4 Å². The number of amides is 1. The predicted octanol–water partition coefficient (Wildman–Crippen LogP) is 19.6. The van der Waals surface area contributed by atoms with E-state index in [1.165, 1.54) is 218 Å². The summed E-state index contributed by atoms with van der Waals surface area (Å²) in [6.07, 6.45) is 74.4. The van der Waals surface area contributed by atoms with Crippen LogP contribution in [0.3, 0.4) is 0 Å². The van der Waals surface area contributed by atoms with E-state index in [0.717, 1.165) is 83.5 Å². The molecule has 0 saturated heterocycles. The summed E-state index contributed by atoms with van der Waals surface area (Å²) in [6.45, 7) is 4.89. The number of esters is 1. The number of aliphatic hydroxyl groups is 2. The van der Waals surface area contributed by atoms with Crippen LogP contribution in [0.2, 0.25) is 0 Å². The Kier molecular flexibility index (Phi) is 58.0. The van der Waals surface area contributed by atoms with Crippen LogP contribution in [-0.2, 0) is 14.3 Å². The fourth-order valence-corrected chi connectivity index (χ4v) is 9.59. The number of aliphatic hydroxyl groups excluding tert-OH is 2. The smallest absolute Gasteiger partial charge is 0.305 e. The summed E-state index contributed by atoms with van der Waals surface area (Å²) in [5.41, 5.74) is 0. The van der Waals surface area contributed by atoms with E-state index in [1.807, 2.05) is 0 Å². The molecule has 70 heavy (non-hydrogen) atoms. The van der Waals surface area contributed by atoms with Crippen LogP contribution < -0.4 is 5.32 Å². The largest absolute Gasteiger partial charge is 0.466 e. The van der Waals surface area contributed by atoms with Crippen molar-refractivity contribution in [2.45, 2.75) is 347 Å². The zero-order valence-electron chi connectivity index (χ0n) is 47.0. The Hall–Kier alpha value is -1.92. The molecule has 3 N–H and O–H groups in total. The van der Waals surface area contributed by atoms with Crippen LogP contribution in [0.25, 0.3) is 0 Å². The third-order valence-electron chi connectivity index (χ3n) is 14.4. The molecule has 0 saturated carbocycles. The monoisotopic (exact) mass is 984 g/mol. The number of ether oxygens (including phenoxy) is 1. The van der Waals surface area contributed by atoms with Crippen molar-refractivity contribution in [1.82, 2.24) is 5.32 Å². The third-order valence-corrected chi connectivity index (χ3v) is 14.4. The van der Waals surface area contributed by atoms with Crippen LogP contribution >= 0.6 is 0 Å². The van der Waals surface area contributed by atoms with Crippen molar-refractivity contribution < 1.29 is 24.5 Å². The van der Waals surface area contributed by atoms with Crippen LogP contribution in [0.15, 0.2) is 36.5 Å². The van der Waals surface area contributed by atoms with Gasteiger partial charge in [-0.15, -0.1) is 0 Å². The number of carbonyl (C=O) groups excluding carboxylic acids is 2. The van der Waals surface area contributed by atoms with Crippen LogP contribution in [-0.4, -0.2) is 47.4 Å². The normalized spacial score (nSPS) is 12.8. The van der Waals surface area contributed by atoms with Gasteiger partial charge in [-0.05, 0) is 83.5 Å². The molecule has 412 valence electrons. The Labute approximate surface area is 436 Å². The van der Waals surface area contributed by atoms with Gasteiger partial charge in [0.25, 0.3) is 0 Å². The zero-order valence-corrected chi connectivity index (χ0v) is 47.0. The molecule has 2 atom stereocenters. The van der Waals surface area contributed by atoms with Crippen molar-refractivity contribution in [3.63, 3.8) is 0 Å². The molecule has 2 unspecified atom stereocenters. The number of carbonyl (C=O) groups is 2. The van der Waals surface area contributed by atoms with Crippen molar-refractivity contribution in [3.8, 4) is 0 Å². The Morgan fingerprint density at radius 3 is 1.14 bits per heavy atom. The molecule has 1 amide bonds. The molecule has 0 aliphatic carbocycles. The highest BCUT2D eigenvalue weighted by Gasteiger charge is 2.20. The molecule has 0 rings (SSSR count). The third kappa shape index (κ3) is 55.4. The average molecular weight is 985 g/mol. The van der Waals surface area contributed by atoms with Crippen molar-refractivity contribution in [2.75, 3.05) is 13.2 Å². The molecule has 6 heteroatoms. The van der Waals surface area contributed by atoms with Gasteiger partial charge in [0.1, 0.15) is 0 Å². The maximum atomic E-state index is 12.5. The summed E-state index contributed by atoms with van der Waals surface area (Å²) in [7, 11) is 0. The molecule has 0 spiro atoms. The Morgan fingerprint density at radius 1 is 0.400 bits per heavy atom. The fraction of sp³-hybridized carbons (Fsp3) is 0.875. The molecule has 0 aromatic carbocycles. The predicted molar refractivity (Wildman–Crippen MR) is 306 cm³/mol. The van der Waals surface area contributed by atoms with Gasteiger partial charge in [0, 0.05) is 12.8 Å². The van der Waals surface area contributed by atoms with Crippen molar-refractivity contribution in [2.24, 2.45) is 0 Å². The minimum Gasteiger partial charge on any atom is -0.466 e. The van der Waals surface area contributed by atoms with Crippen LogP contribution in [0.4, 0.5) is 0 Å². The molecular formula is C64H121NO5. The lowest BCUT2D eigenvalue weighted by Crippen LogP contribution is -2.45. The summed E-state index contributed by atoms with van der Waals surface area (Å²) in [5.74, 6) is -0.0745. The van der Waals surface area contributed by atoms with Gasteiger partial charge in [0.2, 0.25) is 5.91 Å². The van der Waals surface area contributed by atoms with E-state index in [2.05, 4.69) is 55.6 Å². The Balaban J connectivity index is 3.49. The standard InChI is InChI=1S/C64H121NO5/c1-3-5-7-9-11-13-15-16-17-18-19-20-21-22-23-24-25-27-30-33-37-40-44-48-52-56-62(67)61(60-66)65-63(68)57-53-49-45-41-38-34-31-28-26-29-32-35-39-43-47-51-55-59-70-64(69)58-54-50-46-42-36-14-12-10-8-6-4-2/h10,12,26,29,35,39,61-62,66-67H,3-9,11,13-25,27-28,30-34,36-38,40-60H2,1-2H3,(H,65,68)/b12-10-,29-26-,39-35-. The van der Waals surface area contributed by atoms with Crippen molar-refractivity contribution in [1.29, 1.82) is 0 Å². The maximum Gasteiger partial charge on any atom is 0.305 e. The SMILES string of the molecule is CCCC/C=C\CCCCCCCC(=O)OCCCCC/C=C\C/C=C\CCCCCCCCCC(=O)NC(CO)C(O)CCCCCCCCCCCCCCCCCCCCCCCCCCC. The number of nitrogens with one attached hydrogen (secondary N) is 1. The van der Waals surface area contributed by atoms with E-state index < -0.39 is 12.1 Å². The molecule has 0 aliphatic heterocycles. The van der Waals surface area contributed by atoms with Crippen LogP contribution in [0.1, 0.15) is 335 Å². The van der Waals surface area contributed by atoms with Crippen molar-refractivity contribution >= 4 is 11.9 Å². The second kappa shape index (κ2) is 59.6. The molecular weight excluding hydrogens is 863 g/mol. The van der Waals surface area contributed by atoms with E-state index >= 15 is 0 Å². The van der Waals surface area contributed by atoms with Gasteiger partial charge in [0.15, 0.2) is 0 Å². The number of unbranched alkanes of at least 4 members (excludes halogenated alkanes) is 41. The van der Waals surface area contributed by atoms with Crippen LogP contribution in [0, 0.1) is 0 Å². The lowest BCUT2D eigenvalue weighted by atomic mass is 10.0. The lowest BCUT2D eigenvalue weighted by molar-refractivity contribution is -0.143. The molecule has 0 bridgehead atoms. The van der Waals surface area contributed by atoms with Gasteiger partial charge in [-0.2, -0.15) is 0 Å². The summed E-state index contributed by atoms with van der Waals surface area (Å²) < 4.78 is 5.43. The molecule has 0 fully saturated rings. The first kappa shape index (κ1) is 68.1. The number of hydrogen-bond acceptors (Lipinski definition) is 5. The van der Waals surface area contributed by atoms with Crippen molar-refractivity contribution in [3.05, 3.63) is 36.5 Å². The van der Waals surface area contributed by atoms with E-state index in [4.69, 9.17) is 4.74 Å². The van der Waals surface area contributed by atoms with Gasteiger partial charge >= 0.3 is 5.97 Å². The number of hydrogen-bond donors (Lipinski definition) is 3. The van der Waals surface area contributed by atoms with E-state index in [0.29, 0.717) is 25.9 Å². The average Bonchev–Trinajstić information content (AvgIpc) is 3.36. The molecule has 0 radical (unpaired) electrons. The summed E-state index contributed by atoms with van der Waals surface area (Å²) in [6, 6.07) is -0.556. The molecule has 0 aromatic heterocycles. The first-order valence-electron chi connectivity index (χ1n) is 31.2. The molecule has 6 nitrogen and oxygen atoms in total. The molecule has 0 heterocycles. The number of rotatable bonds is 58. The molecule has 0 aromatic rings. The second-order valence-electron chi connectivity index (χ2n) is 21.4. The number of allylic oxidation sites excluding steroid dienone is 6. The first-order chi connectivity index (χ1) is 34.5. The van der Waals surface area contributed by atoms with Gasteiger partial charge in [-0.1, -0.05) is 275 Å². The Bertz CT molecular complexity index is 1130. The first-order valence-corrected chi connectivity index (χ1v) is 31.2. The summed E-state index contributed by atoms with van der Waals surface area (Å²) in [4.78, 5) is 24.5. The maximum absolute atomic E-state index is 12.5. The zero-order chi connectivity index (χ0) is 50.7. The second-order valence-corrected chi connectivity index (χ2v) is 21.4. The fourth-order valence-electron chi connectivity index (χ4n) is 9.59. The molecule has 0 aliphatic rings. The van der Waals surface area contributed by atoms with E-state index in [1.54, 1.807) is 0 Å². The highest BCUT2D eigenvalue weighted by atomic mass is 16.5. The summed E-state index contributed by atoms with van der Waals surface area (Å²) >= 11 is 0. The quantitative estimate of drug-likeness (QED) is 0.0321. The lowest BCUT2D eigenvalue weighted by Gasteiger charge is -2.22. The minimum absolute atomic E-state index is 0.0262. The Morgan fingerprint density at radius 2 is 0.729 bits per heavy atom. The highest BCUT2D eigenvalue weighted by molar-refractivity contribution is 5.76. The van der Waals surface area contributed by atoms with Gasteiger partial charge in [-0.3, -0.25) is 9.59 Å². The van der Waals surface area contributed by atoms with E-state index in [-0.39, 0.29) is 18.5 Å². The van der Waals surface area contributed by atoms with E-state index in [9.17, 15) is 19.8 Å². The highest BCUT2D eigenvalue weighted by Crippen LogP contribution is 2.18.